The molecule has 0 aromatic heterocycles. The monoisotopic (exact) mass is 384 g/mol. The lowest BCUT2D eigenvalue weighted by atomic mass is 10.0. The molecule has 0 saturated carbocycles. The molecule has 0 amide bonds. The van der Waals surface area contributed by atoms with E-state index in [2.05, 4.69) is 11.0 Å². The summed E-state index contributed by atoms with van der Waals surface area (Å²) in [6.45, 7) is 1.86. The molecule has 1 aliphatic rings. The summed E-state index contributed by atoms with van der Waals surface area (Å²) >= 11 is 6.30. The van der Waals surface area contributed by atoms with Crippen LogP contribution in [-0.2, 0) is 15.9 Å². The number of esters is 1. The molecule has 0 radical (unpaired) electrons. The van der Waals surface area contributed by atoms with Crippen molar-refractivity contribution in [3.63, 3.8) is 0 Å². The molecule has 1 heterocycles. The second kappa shape index (κ2) is 9.01. The van der Waals surface area contributed by atoms with Crippen LogP contribution in [0, 0.1) is 11.3 Å². The van der Waals surface area contributed by atoms with E-state index in [1.807, 2.05) is 36.4 Å². The van der Waals surface area contributed by atoms with Crippen LogP contribution in [0.2, 0.25) is 5.02 Å². The van der Waals surface area contributed by atoms with Gasteiger partial charge in [-0.3, -0.25) is 4.90 Å². The summed E-state index contributed by atoms with van der Waals surface area (Å²) in [6.07, 6.45) is 0.428. The first-order chi connectivity index (χ1) is 13.1. The Labute approximate surface area is 164 Å². The van der Waals surface area contributed by atoms with E-state index >= 15 is 0 Å². The van der Waals surface area contributed by atoms with Gasteiger partial charge in [0.25, 0.3) is 0 Å². The van der Waals surface area contributed by atoms with Gasteiger partial charge in [0.1, 0.15) is 6.04 Å². The van der Waals surface area contributed by atoms with Gasteiger partial charge in [-0.25, -0.2) is 4.79 Å². The Balaban J connectivity index is 1.69. The highest BCUT2D eigenvalue weighted by Crippen LogP contribution is 2.29. The van der Waals surface area contributed by atoms with Crippen LogP contribution in [0.15, 0.2) is 48.5 Å². The maximum absolute atomic E-state index is 11.5. The number of methoxy groups -OCH3 is 1. The Morgan fingerprint density at radius 3 is 2.74 bits per heavy atom. The number of carbonyl (C=O) groups is 1. The molecule has 3 rings (SSSR count). The molecule has 0 aliphatic carbocycles. The molecular weight excluding hydrogens is 364 g/mol. The van der Waals surface area contributed by atoms with E-state index in [9.17, 15) is 10.1 Å². The molecule has 140 valence electrons. The summed E-state index contributed by atoms with van der Waals surface area (Å²) in [7, 11) is 1.36. The number of ether oxygens (including phenoxy) is 2. The fraction of sp³-hybridized carbons (Fsp3) is 0.333. The number of benzene rings is 2. The molecule has 2 aromatic rings. The van der Waals surface area contributed by atoms with Gasteiger partial charge in [-0.1, -0.05) is 41.9 Å². The van der Waals surface area contributed by atoms with Crippen molar-refractivity contribution < 1.29 is 14.3 Å². The second-order valence-corrected chi connectivity index (χ2v) is 6.82. The highest BCUT2D eigenvalue weighted by molar-refractivity contribution is 6.31. The van der Waals surface area contributed by atoms with Crippen LogP contribution < -0.4 is 0 Å². The minimum Gasteiger partial charge on any atom is -0.465 e. The molecule has 5 nitrogen and oxygen atoms in total. The standard InChI is InChI=1S/C21H21ClN2O3/c1-26-21(25)16-8-6-15(7-9-16)12-17(13-23)24-10-11-27-20(14-24)18-4-2-3-5-19(18)22/h2-9,17,20H,10-12,14H2,1H3. The normalized spacial score (nSPS) is 18.5. The van der Waals surface area contributed by atoms with Crippen LogP contribution in [0.4, 0.5) is 0 Å². The molecule has 0 bridgehead atoms. The Bertz CT molecular complexity index is 832. The number of rotatable bonds is 5. The minimum atomic E-state index is -0.367. The number of nitriles is 1. The van der Waals surface area contributed by atoms with Crippen molar-refractivity contribution in [2.45, 2.75) is 18.6 Å². The average Bonchev–Trinajstić information content (AvgIpc) is 2.72. The second-order valence-electron chi connectivity index (χ2n) is 6.41. The Hall–Kier alpha value is -2.39. The lowest BCUT2D eigenvalue weighted by molar-refractivity contribution is -0.0377. The van der Waals surface area contributed by atoms with Crippen molar-refractivity contribution in [2.75, 3.05) is 26.8 Å². The van der Waals surface area contributed by atoms with Gasteiger partial charge >= 0.3 is 5.97 Å². The van der Waals surface area contributed by atoms with E-state index in [4.69, 9.17) is 21.1 Å². The van der Waals surface area contributed by atoms with Crippen LogP contribution in [0.3, 0.4) is 0 Å². The molecule has 27 heavy (non-hydrogen) atoms. The highest BCUT2D eigenvalue weighted by atomic mass is 35.5. The third-order valence-corrected chi connectivity index (χ3v) is 5.09. The first kappa shape index (κ1) is 19.4. The van der Waals surface area contributed by atoms with Gasteiger partial charge in [0, 0.05) is 30.1 Å². The quantitative estimate of drug-likeness (QED) is 0.736. The lowest BCUT2D eigenvalue weighted by Gasteiger charge is -2.36. The number of nitrogens with zero attached hydrogens (tertiary/aromatic N) is 2. The van der Waals surface area contributed by atoms with E-state index in [1.54, 1.807) is 12.1 Å². The van der Waals surface area contributed by atoms with Crippen LogP contribution in [0.25, 0.3) is 0 Å². The zero-order valence-electron chi connectivity index (χ0n) is 15.1. The predicted molar refractivity (Wildman–Crippen MR) is 103 cm³/mol. The van der Waals surface area contributed by atoms with Crippen molar-refractivity contribution in [1.82, 2.24) is 4.90 Å². The third-order valence-electron chi connectivity index (χ3n) is 4.74. The molecule has 1 aliphatic heterocycles. The van der Waals surface area contributed by atoms with Gasteiger partial charge in [-0.2, -0.15) is 5.26 Å². The van der Waals surface area contributed by atoms with E-state index in [-0.39, 0.29) is 18.1 Å². The summed E-state index contributed by atoms with van der Waals surface area (Å²) in [6, 6.07) is 16.9. The summed E-state index contributed by atoms with van der Waals surface area (Å²) in [5, 5.41) is 10.4. The predicted octanol–water partition coefficient (Wildman–Crippen LogP) is 3.63. The summed E-state index contributed by atoms with van der Waals surface area (Å²) in [5.41, 5.74) is 2.44. The highest BCUT2D eigenvalue weighted by Gasteiger charge is 2.28. The van der Waals surface area contributed by atoms with Gasteiger partial charge in [-0.15, -0.1) is 0 Å². The topological polar surface area (TPSA) is 62.6 Å². The Kier molecular flexibility index (Phi) is 6.46. The first-order valence-corrected chi connectivity index (χ1v) is 9.17. The molecule has 1 fully saturated rings. The molecule has 2 aromatic carbocycles. The summed E-state index contributed by atoms with van der Waals surface area (Å²) in [5.74, 6) is -0.367. The third kappa shape index (κ3) is 4.67. The Morgan fingerprint density at radius 1 is 1.33 bits per heavy atom. The fourth-order valence-corrected chi connectivity index (χ4v) is 3.51. The molecule has 0 N–H and O–H groups in total. The molecule has 2 atom stereocenters. The first-order valence-electron chi connectivity index (χ1n) is 8.79. The minimum absolute atomic E-state index is 0.148. The van der Waals surface area contributed by atoms with Gasteiger partial charge in [0.05, 0.1) is 31.5 Å². The number of hydrogen-bond acceptors (Lipinski definition) is 5. The van der Waals surface area contributed by atoms with E-state index < -0.39 is 0 Å². The zero-order valence-corrected chi connectivity index (χ0v) is 15.9. The maximum Gasteiger partial charge on any atom is 0.337 e. The summed E-state index contributed by atoms with van der Waals surface area (Å²) in [4.78, 5) is 13.7. The van der Waals surface area contributed by atoms with Gasteiger partial charge < -0.3 is 9.47 Å². The fourth-order valence-electron chi connectivity index (χ4n) is 3.25. The summed E-state index contributed by atoms with van der Waals surface area (Å²) < 4.78 is 10.6. The number of hydrogen-bond donors (Lipinski definition) is 0. The SMILES string of the molecule is COC(=O)c1ccc(CC(C#N)N2CCOC(c3ccccc3Cl)C2)cc1. The van der Waals surface area contributed by atoms with Crippen molar-refractivity contribution in [3.8, 4) is 6.07 Å². The van der Waals surface area contributed by atoms with Crippen LogP contribution in [-0.4, -0.2) is 43.7 Å². The van der Waals surface area contributed by atoms with Crippen LogP contribution >= 0.6 is 11.6 Å². The van der Waals surface area contributed by atoms with Crippen molar-refractivity contribution >= 4 is 17.6 Å². The molecule has 1 saturated heterocycles. The van der Waals surface area contributed by atoms with Crippen molar-refractivity contribution in [3.05, 3.63) is 70.2 Å². The van der Waals surface area contributed by atoms with Gasteiger partial charge in [-0.05, 0) is 23.8 Å². The van der Waals surface area contributed by atoms with Crippen molar-refractivity contribution in [1.29, 1.82) is 5.26 Å². The zero-order chi connectivity index (χ0) is 19.2. The average molecular weight is 385 g/mol. The van der Waals surface area contributed by atoms with Gasteiger partial charge in [0.15, 0.2) is 0 Å². The van der Waals surface area contributed by atoms with Crippen molar-refractivity contribution in [2.24, 2.45) is 0 Å². The smallest absolute Gasteiger partial charge is 0.337 e. The van der Waals surface area contributed by atoms with Gasteiger partial charge in [0.2, 0.25) is 0 Å². The largest absolute Gasteiger partial charge is 0.465 e. The van der Waals surface area contributed by atoms with E-state index in [0.717, 1.165) is 11.1 Å². The Morgan fingerprint density at radius 2 is 2.07 bits per heavy atom. The van der Waals surface area contributed by atoms with Crippen LogP contribution in [0.5, 0.6) is 0 Å². The molecule has 0 spiro atoms. The number of morpholine rings is 1. The molecule has 2 unspecified atom stereocenters. The van der Waals surface area contributed by atoms with Crippen LogP contribution in [0.1, 0.15) is 27.6 Å². The number of carbonyl (C=O) groups excluding carboxylic acids is 1. The number of halogens is 1. The van der Waals surface area contributed by atoms with E-state index in [1.165, 1.54) is 7.11 Å². The molecule has 6 heteroatoms. The van der Waals surface area contributed by atoms with E-state index in [0.29, 0.717) is 36.7 Å². The molecular formula is C21H21ClN2O3. The lowest BCUT2D eigenvalue weighted by Crippen LogP contribution is -2.45. The maximum atomic E-state index is 11.5.